The summed E-state index contributed by atoms with van der Waals surface area (Å²) >= 11 is 0. The fourth-order valence-corrected chi connectivity index (χ4v) is 2.19. The van der Waals surface area contributed by atoms with Gasteiger partial charge in [0.1, 0.15) is 5.76 Å². The van der Waals surface area contributed by atoms with Crippen molar-refractivity contribution in [1.82, 2.24) is 19.7 Å². The minimum absolute atomic E-state index is 0.187. The van der Waals surface area contributed by atoms with Gasteiger partial charge in [-0.2, -0.15) is 0 Å². The minimum atomic E-state index is 0.187. The van der Waals surface area contributed by atoms with Crippen molar-refractivity contribution in [3.63, 3.8) is 0 Å². The Hall–Kier alpha value is -1.40. The molecule has 1 aliphatic rings. The first-order valence-electron chi connectivity index (χ1n) is 6.61. The van der Waals surface area contributed by atoms with Gasteiger partial charge in [-0.1, -0.05) is 0 Å². The van der Waals surface area contributed by atoms with Crippen LogP contribution in [0.25, 0.3) is 0 Å². The first-order chi connectivity index (χ1) is 9.04. The predicted molar refractivity (Wildman–Crippen MR) is 71.7 cm³/mol. The molecular formula is C13H22N4O2. The van der Waals surface area contributed by atoms with Crippen molar-refractivity contribution in [2.24, 2.45) is 0 Å². The second kappa shape index (κ2) is 6.16. The molecule has 2 heterocycles. The lowest BCUT2D eigenvalue weighted by Gasteiger charge is -2.33. The Kier molecular flexibility index (Phi) is 4.55. The van der Waals surface area contributed by atoms with E-state index in [0.717, 1.165) is 31.9 Å². The molecule has 1 aromatic rings. The van der Waals surface area contributed by atoms with E-state index in [9.17, 15) is 4.79 Å². The Morgan fingerprint density at radius 1 is 1.42 bits per heavy atom. The first-order valence-corrected chi connectivity index (χ1v) is 6.61. The van der Waals surface area contributed by atoms with E-state index in [2.05, 4.69) is 16.9 Å². The number of nitrogens with zero attached hydrogens (tertiary/aromatic N) is 4. The van der Waals surface area contributed by atoms with Crippen LogP contribution in [0.2, 0.25) is 0 Å². The Bertz CT molecular complexity index is 424. The molecule has 1 aliphatic heterocycles. The van der Waals surface area contributed by atoms with E-state index < -0.39 is 0 Å². The van der Waals surface area contributed by atoms with E-state index in [0.29, 0.717) is 19.0 Å². The summed E-state index contributed by atoms with van der Waals surface area (Å²) in [6.45, 7) is 6.41. The van der Waals surface area contributed by atoms with Gasteiger partial charge >= 0.3 is 0 Å². The average molecular weight is 266 g/mol. The molecule has 0 radical (unpaired) electrons. The van der Waals surface area contributed by atoms with Crippen LogP contribution < -0.4 is 0 Å². The number of likely N-dealkylation sites (N-methyl/N-ethyl adjacent to an activating group) is 2. The molecule has 0 aromatic carbocycles. The van der Waals surface area contributed by atoms with E-state index in [1.54, 1.807) is 6.20 Å². The number of rotatable bonds is 4. The van der Waals surface area contributed by atoms with E-state index in [1.807, 2.05) is 23.8 Å². The molecule has 0 saturated carbocycles. The number of carbonyl (C=O) groups is 1. The summed E-state index contributed by atoms with van der Waals surface area (Å²) in [6, 6.07) is 0. The molecule has 1 fully saturated rings. The number of hydrogen-bond acceptors (Lipinski definition) is 5. The number of aromatic nitrogens is 1. The molecule has 0 aliphatic carbocycles. The summed E-state index contributed by atoms with van der Waals surface area (Å²) in [5.74, 6) is 1.65. The zero-order valence-electron chi connectivity index (χ0n) is 11.9. The van der Waals surface area contributed by atoms with Gasteiger partial charge in [0.15, 0.2) is 5.89 Å². The highest BCUT2D eigenvalue weighted by atomic mass is 16.4. The van der Waals surface area contributed by atoms with Gasteiger partial charge in [0.05, 0.1) is 19.3 Å². The van der Waals surface area contributed by atoms with Crippen LogP contribution >= 0.6 is 0 Å². The van der Waals surface area contributed by atoms with Gasteiger partial charge in [-0.15, -0.1) is 0 Å². The molecule has 6 heteroatoms. The predicted octanol–water partition coefficient (Wildman–Crippen LogP) is 0.189. The van der Waals surface area contributed by atoms with Crippen molar-refractivity contribution in [2.45, 2.75) is 13.5 Å². The quantitative estimate of drug-likeness (QED) is 0.778. The molecule has 0 bridgehead atoms. The molecule has 0 N–H and O–H groups in total. The van der Waals surface area contributed by atoms with Crippen LogP contribution in [0.1, 0.15) is 11.7 Å². The van der Waals surface area contributed by atoms with Crippen LogP contribution in [0.15, 0.2) is 10.6 Å². The number of oxazole rings is 1. The van der Waals surface area contributed by atoms with Gasteiger partial charge in [-0.3, -0.25) is 9.69 Å². The van der Waals surface area contributed by atoms with E-state index in [4.69, 9.17) is 4.42 Å². The summed E-state index contributed by atoms with van der Waals surface area (Å²) in [4.78, 5) is 22.3. The summed E-state index contributed by atoms with van der Waals surface area (Å²) in [6.07, 6.45) is 1.71. The van der Waals surface area contributed by atoms with Gasteiger partial charge in [-0.25, -0.2) is 4.98 Å². The zero-order valence-corrected chi connectivity index (χ0v) is 11.9. The van der Waals surface area contributed by atoms with Crippen LogP contribution in [0.5, 0.6) is 0 Å². The third-order valence-corrected chi connectivity index (χ3v) is 3.36. The third-order valence-electron chi connectivity index (χ3n) is 3.36. The lowest BCUT2D eigenvalue weighted by Crippen LogP contribution is -2.49. The molecular weight excluding hydrogens is 244 g/mol. The highest BCUT2D eigenvalue weighted by Crippen LogP contribution is 2.06. The van der Waals surface area contributed by atoms with Gasteiger partial charge in [0, 0.05) is 33.1 Å². The number of amides is 1. The number of carbonyl (C=O) groups excluding carboxylic acids is 1. The zero-order chi connectivity index (χ0) is 13.8. The smallest absolute Gasteiger partial charge is 0.236 e. The van der Waals surface area contributed by atoms with Crippen molar-refractivity contribution in [2.75, 3.05) is 46.8 Å². The third kappa shape index (κ3) is 4.04. The lowest BCUT2D eigenvalue weighted by molar-refractivity contribution is -0.133. The first kappa shape index (κ1) is 14.0. The van der Waals surface area contributed by atoms with Crippen LogP contribution in [-0.4, -0.2) is 72.4 Å². The molecule has 19 heavy (non-hydrogen) atoms. The van der Waals surface area contributed by atoms with Gasteiger partial charge < -0.3 is 14.2 Å². The Morgan fingerprint density at radius 3 is 2.68 bits per heavy atom. The monoisotopic (exact) mass is 266 g/mol. The molecule has 106 valence electrons. The summed E-state index contributed by atoms with van der Waals surface area (Å²) in [5.41, 5.74) is 0. The van der Waals surface area contributed by atoms with Crippen LogP contribution in [-0.2, 0) is 11.3 Å². The minimum Gasteiger partial charge on any atom is -0.445 e. The van der Waals surface area contributed by atoms with Gasteiger partial charge in [0.25, 0.3) is 0 Å². The fourth-order valence-electron chi connectivity index (χ4n) is 2.19. The Labute approximate surface area is 114 Å². The normalized spacial score (nSPS) is 17.2. The maximum atomic E-state index is 12.1. The second-order valence-electron chi connectivity index (χ2n) is 5.20. The average Bonchev–Trinajstić information content (AvgIpc) is 2.75. The maximum Gasteiger partial charge on any atom is 0.236 e. The van der Waals surface area contributed by atoms with Crippen LogP contribution in [0.4, 0.5) is 0 Å². The van der Waals surface area contributed by atoms with Crippen molar-refractivity contribution in [3.05, 3.63) is 17.8 Å². The Balaban J connectivity index is 1.78. The van der Waals surface area contributed by atoms with Crippen LogP contribution in [0.3, 0.4) is 0 Å². The molecule has 2 rings (SSSR count). The second-order valence-corrected chi connectivity index (χ2v) is 5.20. The highest BCUT2D eigenvalue weighted by Gasteiger charge is 2.20. The van der Waals surface area contributed by atoms with E-state index in [-0.39, 0.29) is 5.91 Å². The Morgan fingerprint density at radius 2 is 2.11 bits per heavy atom. The largest absolute Gasteiger partial charge is 0.445 e. The standard InChI is InChI=1S/C13H22N4O2/c1-11-14-8-12(19-11)9-16(3)10-13(18)17-6-4-15(2)5-7-17/h8H,4-7,9-10H2,1-3H3. The molecule has 1 saturated heterocycles. The SMILES string of the molecule is Cc1ncc(CN(C)CC(=O)N2CCN(C)CC2)o1. The fraction of sp³-hybridized carbons (Fsp3) is 0.692. The summed E-state index contributed by atoms with van der Waals surface area (Å²) in [5, 5.41) is 0. The number of piperazine rings is 1. The topological polar surface area (TPSA) is 52.8 Å². The maximum absolute atomic E-state index is 12.1. The van der Waals surface area contributed by atoms with E-state index >= 15 is 0 Å². The van der Waals surface area contributed by atoms with Gasteiger partial charge in [0.2, 0.25) is 5.91 Å². The molecule has 1 aromatic heterocycles. The summed E-state index contributed by atoms with van der Waals surface area (Å²) < 4.78 is 5.41. The van der Waals surface area contributed by atoms with Crippen molar-refractivity contribution in [1.29, 1.82) is 0 Å². The van der Waals surface area contributed by atoms with Crippen molar-refractivity contribution in [3.8, 4) is 0 Å². The van der Waals surface area contributed by atoms with Crippen LogP contribution in [0, 0.1) is 6.92 Å². The molecule has 0 atom stereocenters. The molecule has 6 nitrogen and oxygen atoms in total. The van der Waals surface area contributed by atoms with Crippen molar-refractivity contribution >= 4 is 5.91 Å². The van der Waals surface area contributed by atoms with Gasteiger partial charge in [-0.05, 0) is 14.1 Å². The van der Waals surface area contributed by atoms with E-state index in [1.165, 1.54) is 0 Å². The van der Waals surface area contributed by atoms with Crippen molar-refractivity contribution < 1.29 is 9.21 Å². The molecule has 0 spiro atoms. The highest BCUT2D eigenvalue weighted by molar-refractivity contribution is 5.78. The lowest BCUT2D eigenvalue weighted by atomic mass is 10.3. The molecule has 0 unspecified atom stereocenters. The number of hydrogen-bond donors (Lipinski definition) is 0. The molecule has 1 amide bonds. The summed E-state index contributed by atoms with van der Waals surface area (Å²) in [7, 11) is 4.01. The number of aryl methyl sites for hydroxylation is 1.